The molecule has 0 fully saturated rings. The van der Waals surface area contributed by atoms with E-state index in [1.165, 1.54) is 4.88 Å². The number of benzene rings is 1. The zero-order valence-corrected chi connectivity index (χ0v) is 21.3. The topological polar surface area (TPSA) is 77.4 Å². The predicted octanol–water partition coefficient (Wildman–Crippen LogP) is 4.69. The van der Waals surface area contributed by atoms with Crippen molar-refractivity contribution < 1.29 is 19.1 Å². The minimum atomic E-state index is -0.814. The van der Waals surface area contributed by atoms with E-state index in [0.29, 0.717) is 23.3 Å². The quantitative estimate of drug-likeness (QED) is 0.290. The van der Waals surface area contributed by atoms with Crippen molar-refractivity contribution >= 4 is 40.8 Å². The molecule has 0 aliphatic carbocycles. The van der Waals surface area contributed by atoms with Gasteiger partial charge in [-0.3, -0.25) is 9.59 Å². The first-order valence-corrected chi connectivity index (χ1v) is 13.4. The van der Waals surface area contributed by atoms with E-state index in [2.05, 4.69) is 21.3 Å². The van der Waals surface area contributed by atoms with Crippen LogP contribution in [0.3, 0.4) is 0 Å². The van der Waals surface area contributed by atoms with Gasteiger partial charge in [0.2, 0.25) is 5.78 Å². The molecule has 180 valence electrons. The van der Waals surface area contributed by atoms with Gasteiger partial charge < -0.3 is 14.6 Å². The fourth-order valence-electron chi connectivity index (χ4n) is 3.74. The van der Waals surface area contributed by atoms with E-state index in [9.17, 15) is 14.4 Å². The number of ether oxygens (including phenoxy) is 1. The summed E-state index contributed by atoms with van der Waals surface area (Å²) >= 11 is 3.29. The van der Waals surface area contributed by atoms with Crippen LogP contribution in [-0.4, -0.2) is 46.9 Å². The molecule has 2 heterocycles. The van der Waals surface area contributed by atoms with Crippen molar-refractivity contribution in [3.63, 3.8) is 0 Å². The van der Waals surface area contributed by atoms with Crippen molar-refractivity contribution in [1.29, 1.82) is 0 Å². The first-order valence-electron chi connectivity index (χ1n) is 11.1. The number of aryl methyl sites for hydroxylation is 2. The Balaban J connectivity index is 1.60. The molecule has 1 amide bonds. The summed E-state index contributed by atoms with van der Waals surface area (Å²) in [6.07, 6.45) is 3.25. The van der Waals surface area contributed by atoms with Crippen LogP contribution in [0.15, 0.2) is 53.9 Å². The molecule has 0 aliphatic rings. The second-order valence-corrected chi connectivity index (χ2v) is 9.99. The SMILES string of the molecule is CSCCC(NC(=O)c1ccccc1)C(=O)OCC(=O)c1cc(C)n(CCc2cccs2)c1C. The molecule has 8 heteroatoms. The van der Waals surface area contributed by atoms with E-state index < -0.39 is 12.0 Å². The van der Waals surface area contributed by atoms with Crippen molar-refractivity contribution in [3.05, 3.63) is 81.3 Å². The molecule has 1 aromatic carbocycles. The van der Waals surface area contributed by atoms with Crippen LogP contribution in [0.4, 0.5) is 0 Å². The molecule has 1 unspecified atom stereocenters. The number of carbonyl (C=O) groups excluding carboxylic acids is 3. The Morgan fingerprint density at radius 2 is 1.88 bits per heavy atom. The Morgan fingerprint density at radius 1 is 1.12 bits per heavy atom. The molecule has 0 radical (unpaired) electrons. The first-order chi connectivity index (χ1) is 16.4. The second kappa shape index (κ2) is 12.6. The zero-order valence-electron chi connectivity index (χ0n) is 19.7. The lowest BCUT2D eigenvalue weighted by molar-refractivity contribution is -0.144. The van der Waals surface area contributed by atoms with Gasteiger partial charge in [0.25, 0.3) is 5.91 Å². The van der Waals surface area contributed by atoms with Gasteiger partial charge in [-0.05, 0) is 68.3 Å². The third kappa shape index (κ3) is 6.84. The van der Waals surface area contributed by atoms with Gasteiger partial charge in [-0.15, -0.1) is 11.3 Å². The van der Waals surface area contributed by atoms with Crippen LogP contribution >= 0.6 is 23.1 Å². The number of thioether (sulfide) groups is 1. The summed E-state index contributed by atoms with van der Waals surface area (Å²) in [5, 5.41) is 4.80. The highest BCUT2D eigenvalue weighted by Gasteiger charge is 2.24. The minimum absolute atomic E-state index is 0.248. The van der Waals surface area contributed by atoms with Crippen molar-refractivity contribution in [3.8, 4) is 0 Å². The summed E-state index contributed by atoms with van der Waals surface area (Å²) in [4.78, 5) is 39.4. The normalized spacial score (nSPS) is 11.7. The summed E-state index contributed by atoms with van der Waals surface area (Å²) in [7, 11) is 0. The highest BCUT2D eigenvalue weighted by atomic mass is 32.2. The highest BCUT2D eigenvalue weighted by molar-refractivity contribution is 7.98. The molecule has 1 atom stereocenters. The number of thiophene rings is 1. The molecule has 0 saturated heterocycles. The van der Waals surface area contributed by atoms with Crippen LogP contribution in [-0.2, 0) is 22.5 Å². The van der Waals surface area contributed by atoms with E-state index in [0.717, 1.165) is 24.4 Å². The number of ketones is 1. The van der Waals surface area contributed by atoms with Gasteiger partial charge in [-0.2, -0.15) is 11.8 Å². The lowest BCUT2D eigenvalue weighted by atomic mass is 10.1. The maximum atomic E-state index is 12.9. The van der Waals surface area contributed by atoms with Crippen molar-refractivity contribution in [1.82, 2.24) is 9.88 Å². The van der Waals surface area contributed by atoms with Crippen molar-refractivity contribution in [2.75, 3.05) is 18.6 Å². The van der Waals surface area contributed by atoms with Gasteiger partial charge in [0.1, 0.15) is 6.04 Å². The Hall–Kier alpha value is -2.84. The summed E-state index contributed by atoms with van der Waals surface area (Å²) in [5.41, 5.74) is 2.89. The maximum absolute atomic E-state index is 12.9. The first kappa shape index (κ1) is 25.8. The van der Waals surface area contributed by atoms with Gasteiger partial charge in [0.15, 0.2) is 6.61 Å². The lowest BCUT2D eigenvalue weighted by Gasteiger charge is -2.17. The van der Waals surface area contributed by atoms with Gasteiger partial charge in [0.05, 0.1) is 0 Å². The second-order valence-electron chi connectivity index (χ2n) is 7.97. The Bertz CT molecular complexity index is 1110. The summed E-state index contributed by atoms with van der Waals surface area (Å²) in [6, 6.07) is 13.9. The standard InChI is InChI=1S/C26H30N2O4S2/c1-18-16-22(19(2)28(18)13-11-21-10-7-14-34-21)24(29)17-32-26(31)23(12-15-33-3)27-25(30)20-8-5-4-6-9-20/h4-10,14,16,23H,11-13,15,17H2,1-3H3,(H,27,30). The Labute approximate surface area is 208 Å². The van der Waals surface area contributed by atoms with Gasteiger partial charge in [-0.25, -0.2) is 4.79 Å². The largest absolute Gasteiger partial charge is 0.456 e. The van der Waals surface area contributed by atoms with E-state index in [1.54, 1.807) is 47.4 Å². The Kier molecular flexibility index (Phi) is 9.53. The van der Waals surface area contributed by atoms with Crippen LogP contribution in [0.2, 0.25) is 0 Å². The lowest BCUT2D eigenvalue weighted by Crippen LogP contribution is -2.42. The number of hydrogen-bond donors (Lipinski definition) is 1. The van der Waals surface area contributed by atoms with Crippen molar-refractivity contribution in [2.45, 2.75) is 39.3 Å². The molecule has 2 aromatic heterocycles. The fourth-order valence-corrected chi connectivity index (χ4v) is 4.90. The fraction of sp³-hybridized carbons (Fsp3) is 0.346. The van der Waals surface area contributed by atoms with Crippen LogP contribution in [0.25, 0.3) is 0 Å². The van der Waals surface area contributed by atoms with E-state index in [-0.39, 0.29) is 18.3 Å². The van der Waals surface area contributed by atoms with Crippen LogP contribution in [0, 0.1) is 13.8 Å². The molecule has 3 rings (SSSR count). The molecular formula is C26H30N2O4S2. The van der Waals surface area contributed by atoms with Gasteiger partial charge in [-0.1, -0.05) is 24.3 Å². The number of rotatable bonds is 12. The van der Waals surface area contributed by atoms with E-state index in [4.69, 9.17) is 4.74 Å². The molecular weight excluding hydrogens is 468 g/mol. The predicted molar refractivity (Wildman–Crippen MR) is 138 cm³/mol. The number of aromatic nitrogens is 1. The summed E-state index contributed by atoms with van der Waals surface area (Å²) in [6.45, 7) is 4.32. The van der Waals surface area contributed by atoms with Crippen LogP contribution in [0.1, 0.15) is 43.4 Å². The van der Waals surface area contributed by atoms with E-state index >= 15 is 0 Å². The average molecular weight is 499 g/mol. The smallest absolute Gasteiger partial charge is 0.329 e. The molecule has 1 N–H and O–H groups in total. The summed E-state index contributed by atoms with van der Waals surface area (Å²) in [5.74, 6) is -0.516. The number of amides is 1. The van der Waals surface area contributed by atoms with E-state index in [1.807, 2.05) is 38.3 Å². The van der Waals surface area contributed by atoms with Crippen LogP contribution < -0.4 is 5.32 Å². The highest BCUT2D eigenvalue weighted by Crippen LogP contribution is 2.18. The third-order valence-electron chi connectivity index (χ3n) is 5.62. The number of nitrogens with zero attached hydrogens (tertiary/aromatic N) is 1. The molecule has 3 aromatic rings. The Morgan fingerprint density at radius 3 is 2.56 bits per heavy atom. The van der Waals surface area contributed by atoms with Gasteiger partial charge >= 0.3 is 5.97 Å². The molecule has 6 nitrogen and oxygen atoms in total. The number of Topliss-reactive ketones (excluding diaryl/α,β-unsaturated/α-hetero) is 1. The number of nitrogens with one attached hydrogen (secondary N) is 1. The zero-order chi connectivity index (χ0) is 24.5. The minimum Gasteiger partial charge on any atom is -0.456 e. The van der Waals surface area contributed by atoms with Crippen molar-refractivity contribution in [2.24, 2.45) is 0 Å². The van der Waals surface area contributed by atoms with Gasteiger partial charge in [0, 0.05) is 33.9 Å². The molecule has 0 spiro atoms. The third-order valence-corrected chi connectivity index (χ3v) is 7.20. The monoisotopic (exact) mass is 498 g/mol. The summed E-state index contributed by atoms with van der Waals surface area (Å²) < 4.78 is 7.48. The number of hydrogen-bond acceptors (Lipinski definition) is 6. The molecule has 0 aliphatic heterocycles. The van der Waals surface area contributed by atoms with Crippen LogP contribution in [0.5, 0.6) is 0 Å². The number of esters is 1. The average Bonchev–Trinajstić information content (AvgIpc) is 3.46. The molecule has 0 saturated carbocycles. The molecule has 34 heavy (non-hydrogen) atoms. The maximum Gasteiger partial charge on any atom is 0.329 e. The molecule has 0 bridgehead atoms. The number of carbonyl (C=O) groups is 3.